The van der Waals surface area contributed by atoms with Crippen molar-refractivity contribution in [2.75, 3.05) is 106 Å². The van der Waals surface area contributed by atoms with Gasteiger partial charge in [0.15, 0.2) is 0 Å². The van der Waals surface area contributed by atoms with Crippen molar-refractivity contribution in [3.63, 3.8) is 0 Å². The van der Waals surface area contributed by atoms with Crippen molar-refractivity contribution in [3.8, 4) is 0 Å². The van der Waals surface area contributed by atoms with Gasteiger partial charge < -0.3 is 78.7 Å². The van der Waals surface area contributed by atoms with Crippen molar-refractivity contribution in [2.45, 2.75) is 12.2 Å². The Kier molecular flexibility index (Phi) is 71.4. The molecular weight excluding hydrogens is 2170 g/mol. The molecule has 0 heterocycles. The van der Waals surface area contributed by atoms with Crippen molar-refractivity contribution in [2.24, 2.45) is 10.8 Å². The van der Waals surface area contributed by atoms with Gasteiger partial charge in [-0.3, -0.25) is 0 Å². The van der Waals surface area contributed by atoms with Gasteiger partial charge in [0.25, 0.3) is 0 Å². The number of rotatable bonds is 24. The van der Waals surface area contributed by atoms with Crippen molar-refractivity contribution in [1.82, 2.24) is 0 Å². The molecule has 0 aromatic carbocycles. The van der Waals surface area contributed by atoms with Crippen LogP contribution in [0.1, 0.15) is 0 Å². The Morgan fingerprint density at radius 3 is 0.771 bits per heavy atom. The molecule has 0 aromatic rings. The summed E-state index contributed by atoms with van der Waals surface area (Å²) in [6, 6.07) is 0. The van der Waals surface area contributed by atoms with Crippen LogP contribution in [0.3, 0.4) is 0 Å². The Bertz CT molecular complexity index is 449. The molecule has 2 atom stereocenters. The van der Waals surface area contributed by atoms with Gasteiger partial charge >= 0.3 is 0 Å². The van der Waals surface area contributed by atoms with Crippen molar-refractivity contribution < 1.29 is 78.7 Å². The first-order valence-corrected chi connectivity index (χ1v) is 12.5. The third-order valence-corrected chi connectivity index (χ3v) is 4.69. The summed E-state index contributed by atoms with van der Waals surface area (Å²) in [5, 5.41) is 69.8. The Hall–Kier alpha value is -6.64. The molecule has 16 nitrogen and oxygen atoms in total. The van der Waals surface area contributed by atoms with Crippen LogP contribution in [0.15, 0.2) is 0 Å². The molecule has 48 heavy (non-hydrogen) atoms. The van der Waals surface area contributed by atoms with Crippen LogP contribution in [-0.2, 0) is 37.9 Å². The van der Waals surface area contributed by atoms with Crippen molar-refractivity contribution >= 4 is 0 Å². The molecule has 0 amide bonds. The van der Waals surface area contributed by atoms with Crippen LogP contribution in [0.5, 0.6) is 0 Å². The fourth-order valence-corrected chi connectivity index (χ4v) is 2.35. The monoisotopic (exact) mass is 2230 g/mol. The van der Waals surface area contributed by atoms with Crippen LogP contribution in [-0.4, -0.2) is 159 Å². The summed E-state index contributed by atoms with van der Waals surface area (Å²) in [4.78, 5) is 0. The van der Waals surface area contributed by atoms with E-state index in [2.05, 4.69) is 71.1 Å². The van der Waals surface area contributed by atoms with Gasteiger partial charge in [0.05, 0.1) is 89.1 Å². The molecule has 0 aliphatic heterocycles. The molecule has 0 bridgehead atoms. The average molecular weight is 2220 g/mol. The van der Waals surface area contributed by atoms with E-state index in [1.807, 2.05) is 0 Å². The first-order valence-electron chi connectivity index (χ1n) is 12.5. The first kappa shape index (κ1) is 68.5. The fourth-order valence-electron chi connectivity index (χ4n) is 2.35. The van der Waals surface area contributed by atoms with Gasteiger partial charge in [-0.1, -0.05) is 0 Å². The second kappa shape index (κ2) is 50.0. The van der Waals surface area contributed by atoms with E-state index in [4.69, 9.17) is 50.3 Å². The molecule has 0 spiro atoms. The summed E-state index contributed by atoms with van der Waals surface area (Å²) in [7, 11) is 18.8. The topological polar surface area (TPSA) is 236 Å². The van der Waals surface area contributed by atoms with E-state index in [9.17, 15) is 0 Å². The molecule has 8 N–H and O–H groups in total. The third kappa shape index (κ3) is 41.5. The maximum Gasteiger partial charge on any atom is 0.0976 e. The van der Waals surface area contributed by atoms with E-state index in [0.29, 0.717) is 0 Å². The second-order valence-corrected chi connectivity index (χ2v) is 8.67. The largest absolute Gasteiger partial charge is 0.554 e. The number of hydrogen-bond acceptors (Lipinski definition) is 16. The molecule has 0 saturated carbocycles. The molecular formula is C26H54O16Rf6-6. The van der Waals surface area contributed by atoms with Gasteiger partial charge in [-0.2, -0.15) is 0 Å². The maximum absolute atomic E-state index is 8.90. The van der Waals surface area contributed by atoms with Crippen molar-refractivity contribution in [3.05, 3.63) is 42.7 Å². The van der Waals surface area contributed by atoms with E-state index in [-0.39, 0.29) is 106 Å². The predicted molar refractivity (Wildman–Crippen MR) is 149 cm³/mol. The minimum absolute atomic E-state index is 0. The number of aliphatic hydroxyl groups is 8. The van der Waals surface area contributed by atoms with Gasteiger partial charge in [-0.25, -0.2) is 42.7 Å². The van der Waals surface area contributed by atoms with E-state index >= 15 is 0 Å². The van der Waals surface area contributed by atoms with Gasteiger partial charge in [-0.05, 0) is 0 Å². The predicted octanol–water partition coefficient (Wildman–Crippen LogP) is -2.52. The SMILES string of the molecule is [CH2-]OCC(CO)(CO)CO[CH2-].[CH2-]OCC(CO)(CO)CO[CH2-].[CH2-]OCC(O)COCCO.[CH2-]OCC(O)COCCO.[Rf].[Rf].[Rf].[Rf].[Rf].[Rf]. The molecule has 0 fully saturated rings. The summed E-state index contributed by atoms with van der Waals surface area (Å²) in [6.45, 7) is 0.837. The van der Waals surface area contributed by atoms with E-state index in [1.54, 1.807) is 0 Å². The Morgan fingerprint density at radius 1 is 0.396 bits per heavy atom. The summed E-state index contributed by atoms with van der Waals surface area (Å²) < 4.78 is 36.6. The molecule has 0 saturated heterocycles. The molecule has 0 radical (unpaired) electrons. The van der Waals surface area contributed by atoms with Crippen LogP contribution >= 0.6 is 0 Å². The minimum Gasteiger partial charge on any atom is -0.554 e. The summed E-state index contributed by atoms with van der Waals surface area (Å²) >= 11 is 0. The zero-order valence-corrected chi connectivity index (χ0v) is 67.2. The zero-order valence-electron chi connectivity index (χ0n) is 28.8. The zero-order chi connectivity index (χ0) is 33.1. The van der Waals surface area contributed by atoms with Crippen LogP contribution < -0.4 is 0 Å². The van der Waals surface area contributed by atoms with Crippen LogP contribution in [0.2, 0.25) is 0 Å². The second-order valence-electron chi connectivity index (χ2n) is 8.67. The van der Waals surface area contributed by atoms with Gasteiger partial charge in [-0.15, -0.1) is 0 Å². The van der Waals surface area contributed by atoms with Crippen LogP contribution in [0.25, 0.3) is 0 Å². The smallest absolute Gasteiger partial charge is 0.0976 e. The fraction of sp³-hybridized carbons (Fsp3) is 0.769. The molecule has 0 aliphatic carbocycles. The van der Waals surface area contributed by atoms with Gasteiger partial charge in [0.2, 0.25) is 0 Å². The van der Waals surface area contributed by atoms with E-state index in [1.165, 1.54) is 0 Å². The summed E-state index contributed by atoms with van der Waals surface area (Å²) in [5.41, 5.74) is -1.55. The van der Waals surface area contributed by atoms with Gasteiger partial charge in [0, 0.05) is 39.6 Å². The molecule has 0 aliphatic rings. The normalized spacial score (nSPS) is 11.1. The quantitative estimate of drug-likeness (QED) is 0.0368. The maximum atomic E-state index is 8.90. The third-order valence-electron chi connectivity index (χ3n) is 4.69. The summed E-state index contributed by atoms with van der Waals surface area (Å²) in [5.74, 6) is 0. The number of hydrogen-bond donors (Lipinski definition) is 8. The molecule has 0 rings (SSSR count). The van der Waals surface area contributed by atoms with Gasteiger partial charge in [0.1, 0.15) is 0 Å². The number of ether oxygens (including phenoxy) is 8. The van der Waals surface area contributed by atoms with Crippen LogP contribution in [0, 0.1) is 53.5 Å². The molecule has 2 unspecified atom stereocenters. The Balaban J connectivity index is -0.0000000482. The summed E-state index contributed by atoms with van der Waals surface area (Å²) in [6.07, 6.45) is -1.30. The molecule has 0 aromatic heterocycles. The van der Waals surface area contributed by atoms with E-state index in [0.717, 1.165) is 0 Å². The average Bonchev–Trinajstić information content (AvgIpc) is 2.98. The molecule has 22 heteroatoms. The van der Waals surface area contributed by atoms with Crippen LogP contribution in [0.4, 0.5) is 0 Å². The minimum atomic E-state index is -0.774. The molecule has 272 valence electrons. The van der Waals surface area contributed by atoms with Crippen molar-refractivity contribution in [1.29, 1.82) is 0 Å². The first-order chi connectivity index (χ1) is 20.1. The Morgan fingerprint density at radius 2 is 0.625 bits per heavy atom. The number of aliphatic hydroxyl groups excluding tert-OH is 8. The Labute approximate surface area is 250 Å². The van der Waals surface area contributed by atoms with E-state index < -0.39 is 23.0 Å². The standard InChI is InChI=1S/2C7H14O4.2C6H13O4.6Rf/c2*1-10-5-7(3-8,4-9)6-11-2;2*1-9-4-6(8)5-10-3-2-7;;;;;;/h2*8-9H,1-6H2;2*6-8H,1-5H2;;;;;;/q2*-2;2*-1;;;;;;.